The molecule has 4 atom stereocenters. The van der Waals surface area contributed by atoms with Crippen molar-refractivity contribution in [1.29, 1.82) is 0 Å². The van der Waals surface area contributed by atoms with Gasteiger partial charge in [0, 0.05) is 18.1 Å². The van der Waals surface area contributed by atoms with Crippen molar-refractivity contribution in [3.8, 4) is 28.4 Å². The van der Waals surface area contributed by atoms with E-state index >= 15 is 0 Å². The van der Waals surface area contributed by atoms with Gasteiger partial charge < -0.3 is 24.3 Å². The molecule has 2 aromatic carbocycles. The molecule has 0 saturated carbocycles. The highest BCUT2D eigenvalue weighted by molar-refractivity contribution is 6.33. The van der Waals surface area contributed by atoms with Crippen molar-refractivity contribution in [2.75, 3.05) is 19.8 Å². The molecule has 0 radical (unpaired) electrons. The smallest absolute Gasteiger partial charge is 0.296 e. The molecule has 2 unspecified atom stereocenters. The summed E-state index contributed by atoms with van der Waals surface area (Å²) >= 11 is 6.58. The van der Waals surface area contributed by atoms with E-state index < -0.39 is 0 Å². The molecule has 4 heterocycles. The van der Waals surface area contributed by atoms with E-state index in [-0.39, 0.29) is 30.8 Å². The first-order valence-corrected chi connectivity index (χ1v) is 11.8. The summed E-state index contributed by atoms with van der Waals surface area (Å²) in [6, 6.07) is 20.6. The van der Waals surface area contributed by atoms with Crippen LogP contribution in [0.15, 0.2) is 60.7 Å². The number of rotatable bonds is 6. The maximum Gasteiger partial charge on any atom is 0.296 e. The zero-order valence-corrected chi connectivity index (χ0v) is 19.1. The summed E-state index contributed by atoms with van der Waals surface area (Å²) in [5, 5.41) is 9.78. The summed E-state index contributed by atoms with van der Waals surface area (Å²) in [6.07, 6.45) is 0.171. The maximum absolute atomic E-state index is 9.25. The summed E-state index contributed by atoms with van der Waals surface area (Å²) in [4.78, 5) is 12.4. The lowest BCUT2D eigenvalue weighted by Gasteiger charge is -2.16. The van der Waals surface area contributed by atoms with E-state index in [1.807, 2.05) is 36.4 Å². The molecule has 2 fully saturated rings. The number of halogens is 1. The first-order valence-electron chi connectivity index (χ1n) is 11.4. The molecule has 2 aliphatic heterocycles. The zero-order valence-electron chi connectivity index (χ0n) is 18.4. The number of H-pyrrole nitrogens is 1. The first kappa shape index (κ1) is 21.6. The number of fused-ring (bicyclic) bond motifs is 2. The molecule has 7 nitrogen and oxygen atoms in total. The van der Waals surface area contributed by atoms with Crippen molar-refractivity contribution in [1.82, 2.24) is 15.0 Å². The second-order valence-corrected chi connectivity index (χ2v) is 9.11. The highest BCUT2D eigenvalue weighted by atomic mass is 35.5. The van der Waals surface area contributed by atoms with Gasteiger partial charge in [-0.1, -0.05) is 66.2 Å². The Hall–Kier alpha value is -2.97. The van der Waals surface area contributed by atoms with Crippen LogP contribution in [0.3, 0.4) is 0 Å². The highest BCUT2D eigenvalue weighted by Crippen LogP contribution is 2.35. The van der Waals surface area contributed by atoms with Crippen LogP contribution in [0.1, 0.15) is 6.42 Å². The van der Waals surface area contributed by atoms with E-state index in [4.69, 9.17) is 30.8 Å². The molecule has 0 bridgehead atoms. The third-order valence-electron chi connectivity index (χ3n) is 6.54. The summed E-state index contributed by atoms with van der Waals surface area (Å²) in [7, 11) is 0. The Balaban J connectivity index is 1.22. The number of imidazole rings is 1. The van der Waals surface area contributed by atoms with Gasteiger partial charge in [-0.3, -0.25) is 0 Å². The van der Waals surface area contributed by atoms with Crippen molar-refractivity contribution in [3.63, 3.8) is 0 Å². The largest absolute Gasteiger partial charge is 0.456 e. The fraction of sp³-hybridized carbons (Fsp3) is 0.308. The SMILES string of the molecule is OCCC1COC2[C@@H]1OC[C@H]2Oc1nc2nc(-c3ccc(-c4ccccc4)cc3)c(Cl)cc2[nH]1. The van der Waals surface area contributed by atoms with E-state index in [2.05, 4.69) is 34.2 Å². The fourth-order valence-electron chi connectivity index (χ4n) is 4.81. The Bertz CT molecular complexity index is 1290. The maximum atomic E-state index is 9.25. The van der Waals surface area contributed by atoms with Gasteiger partial charge in [0.1, 0.15) is 6.10 Å². The molecule has 8 heteroatoms. The van der Waals surface area contributed by atoms with Crippen LogP contribution in [0.25, 0.3) is 33.5 Å². The second kappa shape index (κ2) is 9.00. The number of hydrogen-bond donors (Lipinski definition) is 2. The Morgan fingerprint density at radius 3 is 2.47 bits per heavy atom. The minimum atomic E-state index is -0.269. The minimum absolute atomic E-state index is 0.0560. The van der Waals surface area contributed by atoms with Gasteiger partial charge in [-0.2, -0.15) is 4.98 Å². The third-order valence-corrected chi connectivity index (χ3v) is 6.83. The lowest BCUT2D eigenvalue weighted by molar-refractivity contribution is 0.0252. The van der Waals surface area contributed by atoms with Gasteiger partial charge in [0.2, 0.25) is 0 Å². The third kappa shape index (κ3) is 3.95. The quantitative estimate of drug-likeness (QED) is 0.425. The molecule has 2 N–H and O–H groups in total. The summed E-state index contributed by atoms with van der Waals surface area (Å²) in [6.45, 7) is 1.11. The second-order valence-electron chi connectivity index (χ2n) is 8.70. The van der Waals surface area contributed by atoms with Crippen LogP contribution >= 0.6 is 11.6 Å². The number of benzene rings is 2. The molecule has 174 valence electrons. The van der Waals surface area contributed by atoms with Gasteiger partial charge in [0.25, 0.3) is 6.01 Å². The lowest BCUT2D eigenvalue weighted by atomic mass is 9.98. The van der Waals surface area contributed by atoms with Crippen molar-refractivity contribution < 1.29 is 19.3 Å². The lowest BCUT2D eigenvalue weighted by Crippen LogP contribution is -2.33. The molecular weight excluding hydrogens is 454 g/mol. The van der Waals surface area contributed by atoms with Crippen molar-refractivity contribution in [3.05, 3.63) is 65.7 Å². The topological polar surface area (TPSA) is 89.5 Å². The predicted octanol–water partition coefficient (Wildman–Crippen LogP) is 4.49. The zero-order chi connectivity index (χ0) is 23.1. The number of aliphatic hydroxyl groups excluding tert-OH is 1. The standard InChI is InChI=1S/C26H24ClN3O4/c27-19-12-20-25(29-22(19)17-8-6-16(7-9-17)15-4-2-1-3-5-15)30-26(28-20)34-21-14-33-23-18(10-11-31)13-32-24(21)23/h1-9,12,18,21,23-24,31H,10-11,13-14H2,(H,28,29,30)/t18?,21-,23-,24?/m1/s1. The number of hydrogen-bond acceptors (Lipinski definition) is 6. The molecule has 2 aromatic heterocycles. The van der Waals surface area contributed by atoms with Crippen molar-refractivity contribution in [2.24, 2.45) is 5.92 Å². The average molecular weight is 478 g/mol. The van der Waals surface area contributed by atoms with E-state index in [1.165, 1.54) is 0 Å². The molecule has 4 aromatic rings. The molecule has 0 amide bonds. The first-order chi connectivity index (χ1) is 16.7. The Labute approximate surface area is 201 Å². The van der Waals surface area contributed by atoms with Crippen LogP contribution in [0.4, 0.5) is 0 Å². The van der Waals surface area contributed by atoms with Crippen LogP contribution in [0.2, 0.25) is 5.02 Å². The number of aromatic amines is 1. The average Bonchev–Trinajstić information content (AvgIpc) is 3.56. The van der Waals surface area contributed by atoms with E-state index in [0.29, 0.717) is 47.5 Å². The molecule has 2 aliphatic rings. The van der Waals surface area contributed by atoms with E-state index in [0.717, 1.165) is 16.7 Å². The van der Waals surface area contributed by atoms with Gasteiger partial charge in [0.15, 0.2) is 11.8 Å². The Kier molecular flexibility index (Phi) is 5.71. The van der Waals surface area contributed by atoms with Crippen molar-refractivity contribution >= 4 is 22.8 Å². The minimum Gasteiger partial charge on any atom is -0.456 e. The van der Waals surface area contributed by atoms with Crippen LogP contribution in [-0.4, -0.2) is 58.2 Å². The molecular formula is C26H24ClN3O4. The molecule has 34 heavy (non-hydrogen) atoms. The van der Waals surface area contributed by atoms with Crippen LogP contribution in [-0.2, 0) is 9.47 Å². The number of aromatic nitrogens is 3. The number of pyridine rings is 1. The molecule has 2 saturated heterocycles. The molecule has 0 spiro atoms. The summed E-state index contributed by atoms with van der Waals surface area (Å²) < 4.78 is 17.9. The number of ether oxygens (including phenoxy) is 3. The van der Waals surface area contributed by atoms with Gasteiger partial charge in [-0.05, 0) is 23.6 Å². The Morgan fingerprint density at radius 1 is 0.941 bits per heavy atom. The molecule has 6 rings (SSSR count). The number of nitrogens with one attached hydrogen (secondary N) is 1. The van der Waals surface area contributed by atoms with Gasteiger partial charge in [-0.25, -0.2) is 4.98 Å². The monoisotopic (exact) mass is 477 g/mol. The molecule has 0 aliphatic carbocycles. The van der Waals surface area contributed by atoms with Crippen LogP contribution < -0.4 is 4.74 Å². The summed E-state index contributed by atoms with van der Waals surface area (Å²) in [5.41, 5.74) is 5.10. The van der Waals surface area contributed by atoms with E-state index in [1.54, 1.807) is 0 Å². The van der Waals surface area contributed by atoms with Gasteiger partial charge >= 0.3 is 0 Å². The van der Waals surface area contributed by atoms with E-state index in [9.17, 15) is 5.11 Å². The number of aliphatic hydroxyl groups is 1. The highest BCUT2D eigenvalue weighted by Gasteiger charge is 2.48. The van der Waals surface area contributed by atoms with Crippen LogP contribution in [0.5, 0.6) is 6.01 Å². The van der Waals surface area contributed by atoms with Crippen molar-refractivity contribution in [2.45, 2.75) is 24.7 Å². The van der Waals surface area contributed by atoms with Gasteiger partial charge in [0.05, 0.1) is 35.6 Å². The normalized spacial score (nSPS) is 23.9. The Morgan fingerprint density at radius 2 is 1.68 bits per heavy atom. The summed E-state index contributed by atoms with van der Waals surface area (Å²) in [5.74, 6) is 0.190. The fourth-order valence-corrected chi connectivity index (χ4v) is 5.07. The van der Waals surface area contributed by atoms with Crippen LogP contribution in [0, 0.1) is 5.92 Å². The number of nitrogens with zero attached hydrogens (tertiary/aromatic N) is 2. The van der Waals surface area contributed by atoms with Gasteiger partial charge in [-0.15, -0.1) is 0 Å². The predicted molar refractivity (Wildman–Crippen MR) is 129 cm³/mol.